The third-order valence-electron chi connectivity index (χ3n) is 2.82. The van der Waals surface area contributed by atoms with Crippen LogP contribution >= 0.6 is 0 Å². The van der Waals surface area contributed by atoms with Gasteiger partial charge in [0, 0.05) is 19.8 Å². The number of carbonyl (C=O) groups is 2. The molecule has 122 valence electrons. The van der Waals surface area contributed by atoms with Gasteiger partial charge in [-0.05, 0) is 31.5 Å². The van der Waals surface area contributed by atoms with E-state index >= 15 is 0 Å². The van der Waals surface area contributed by atoms with Crippen LogP contribution < -0.4 is 15.5 Å². The van der Waals surface area contributed by atoms with Crippen LogP contribution in [0.5, 0.6) is 0 Å². The SMILES string of the molecule is CCOC(=O)NC(NC(=O)OCC)c1ccc(N(C)C)cc1. The van der Waals surface area contributed by atoms with Crippen molar-refractivity contribution in [3.8, 4) is 0 Å². The molecule has 0 heterocycles. The number of alkyl carbamates (subject to hydrolysis) is 2. The van der Waals surface area contributed by atoms with E-state index in [-0.39, 0.29) is 13.2 Å². The Labute approximate surface area is 130 Å². The monoisotopic (exact) mass is 309 g/mol. The Morgan fingerprint density at radius 3 is 1.82 bits per heavy atom. The lowest BCUT2D eigenvalue weighted by Gasteiger charge is -2.21. The molecule has 0 aliphatic heterocycles. The zero-order valence-corrected chi connectivity index (χ0v) is 13.4. The average molecular weight is 309 g/mol. The molecule has 0 bridgehead atoms. The zero-order valence-electron chi connectivity index (χ0n) is 13.4. The van der Waals surface area contributed by atoms with E-state index in [1.54, 1.807) is 13.8 Å². The minimum Gasteiger partial charge on any atom is -0.450 e. The third-order valence-corrected chi connectivity index (χ3v) is 2.82. The number of rotatable bonds is 6. The molecule has 0 fully saturated rings. The van der Waals surface area contributed by atoms with E-state index in [1.807, 2.05) is 43.3 Å². The van der Waals surface area contributed by atoms with Crippen molar-refractivity contribution in [1.82, 2.24) is 10.6 Å². The second-order valence-electron chi connectivity index (χ2n) is 4.65. The van der Waals surface area contributed by atoms with Crippen molar-refractivity contribution in [2.75, 3.05) is 32.2 Å². The van der Waals surface area contributed by atoms with Crippen LogP contribution in [0.4, 0.5) is 15.3 Å². The summed E-state index contributed by atoms with van der Waals surface area (Å²) in [6.07, 6.45) is -1.95. The van der Waals surface area contributed by atoms with E-state index in [9.17, 15) is 9.59 Å². The fourth-order valence-corrected chi connectivity index (χ4v) is 1.75. The molecule has 1 aromatic rings. The molecule has 0 aliphatic rings. The largest absolute Gasteiger partial charge is 0.450 e. The summed E-state index contributed by atoms with van der Waals surface area (Å²) in [7, 11) is 3.86. The first-order valence-electron chi connectivity index (χ1n) is 7.11. The van der Waals surface area contributed by atoms with Crippen LogP contribution in [0.1, 0.15) is 25.6 Å². The predicted molar refractivity (Wildman–Crippen MR) is 83.8 cm³/mol. The van der Waals surface area contributed by atoms with Crippen LogP contribution in [-0.2, 0) is 9.47 Å². The van der Waals surface area contributed by atoms with E-state index in [1.165, 1.54) is 0 Å². The molecule has 0 aromatic heterocycles. The second-order valence-corrected chi connectivity index (χ2v) is 4.65. The van der Waals surface area contributed by atoms with Gasteiger partial charge in [0.05, 0.1) is 13.2 Å². The van der Waals surface area contributed by atoms with Gasteiger partial charge in [0.15, 0.2) is 0 Å². The molecule has 7 heteroatoms. The third kappa shape index (κ3) is 5.51. The van der Waals surface area contributed by atoms with Gasteiger partial charge in [0.25, 0.3) is 0 Å². The maximum absolute atomic E-state index is 11.6. The highest BCUT2D eigenvalue weighted by Crippen LogP contribution is 2.17. The van der Waals surface area contributed by atoms with Gasteiger partial charge in [0.1, 0.15) is 6.17 Å². The molecule has 0 aliphatic carbocycles. The highest BCUT2D eigenvalue weighted by Gasteiger charge is 2.18. The van der Waals surface area contributed by atoms with Crippen LogP contribution in [0.3, 0.4) is 0 Å². The van der Waals surface area contributed by atoms with Gasteiger partial charge in [0.2, 0.25) is 0 Å². The number of anilines is 1. The van der Waals surface area contributed by atoms with Gasteiger partial charge in [-0.25, -0.2) is 9.59 Å². The summed E-state index contributed by atoms with van der Waals surface area (Å²) in [6, 6.07) is 7.42. The van der Waals surface area contributed by atoms with Crippen molar-refractivity contribution in [2.45, 2.75) is 20.0 Å². The summed E-state index contributed by atoms with van der Waals surface area (Å²) >= 11 is 0. The molecule has 22 heavy (non-hydrogen) atoms. The normalized spacial score (nSPS) is 10.0. The molecule has 0 spiro atoms. The molecule has 0 radical (unpaired) electrons. The molecule has 2 amide bonds. The summed E-state index contributed by atoms with van der Waals surface area (Å²) in [6.45, 7) is 3.91. The van der Waals surface area contributed by atoms with Gasteiger partial charge >= 0.3 is 12.2 Å². The van der Waals surface area contributed by atoms with Crippen molar-refractivity contribution in [3.05, 3.63) is 29.8 Å². The Morgan fingerprint density at radius 2 is 1.45 bits per heavy atom. The molecule has 0 atom stereocenters. The summed E-state index contributed by atoms with van der Waals surface area (Å²) in [4.78, 5) is 25.2. The average Bonchev–Trinajstić information content (AvgIpc) is 2.47. The minimum absolute atomic E-state index is 0.248. The first-order chi connectivity index (χ1) is 10.5. The second kappa shape index (κ2) is 8.76. The smallest absolute Gasteiger partial charge is 0.409 e. The van der Waals surface area contributed by atoms with Gasteiger partial charge in [-0.15, -0.1) is 0 Å². The maximum Gasteiger partial charge on any atom is 0.409 e. The van der Waals surface area contributed by atoms with Crippen molar-refractivity contribution in [2.24, 2.45) is 0 Å². The summed E-state index contributed by atoms with van der Waals surface area (Å²) < 4.78 is 9.69. The standard InChI is InChI=1S/C15H23N3O4/c1-5-21-14(19)16-13(17-15(20)22-6-2)11-7-9-12(10-8-11)18(3)4/h7-10,13H,5-6H2,1-4H3,(H,16,19)(H,17,20). The molecule has 0 unspecified atom stereocenters. The molecule has 2 N–H and O–H groups in total. The van der Waals surface area contributed by atoms with E-state index in [4.69, 9.17) is 9.47 Å². The predicted octanol–water partition coefficient (Wildman–Crippen LogP) is 2.24. The molecule has 1 aromatic carbocycles. The Bertz CT molecular complexity index is 468. The van der Waals surface area contributed by atoms with Crippen LogP contribution in [0.2, 0.25) is 0 Å². The fraction of sp³-hybridized carbons (Fsp3) is 0.467. The summed E-state index contributed by atoms with van der Waals surface area (Å²) in [5.74, 6) is 0. The molecule has 7 nitrogen and oxygen atoms in total. The summed E-state index contributed by atoms with van der Waals surface area (Å²) in [5.41, 5.74) is 1.72. The van der Waals surface area contributed by atoms with E-state index in [0.717, 1.165) is 5.69 Å². The summed E-state index contributed by atoms with van der Waals surface area (Å²) in [5, 5.41) is 5.17. The lowest BCUT2D eigenvalue weighted by molar-refractivity contribution is 0.135. The molecule has 0 saturated carbocycles. The highest BCUT2D eigenvalue weighted by atomic mass is 16.6. The van der Waals surface area contributed by atoms with Crippen molar-refractivity contribution in [3.63, 3.8) is 0 Å². The molecular weight excluding hydrogens is 286 g/mol. The number of benzene rings is 1. The van der Waals surface area contributed by atoms with Crippen LogP contribution in [0, 0.1) is 0 Å². The minimum atomic E-state index is -0.727. The topological polar surface area (TPSA) is 79.9 Å². The lowest BCUT2D eigenvalue weighted by atomic mass is 10.1. The Balaban J connectivity index is 2.87. The lowest BCUT2D eigenvalue weighted by Crippen LogP contribution is -2.41. The van der Waals surface area contributed by atoms with Crippen molar-refractivity contribution < 1.29 is 19.1 Å². The maximum atomic E-state index is 11.6. The first kappa shape index (κ1) is 17.6. The number of nitrogens with one attached hydrogen (secondary N) is 2. The highest BCUT2D eigenvalue weighted by molar-refractivity contribution is 5.71. The number of hydrogen-bond donors (Lipinski definition) is 2. The Hall–Kier alpha value is -2.44. The molecule has 1 rings (SSSR count). The molecular formula is C15H23N3O4. The Morgan fingerprint density at radius 1 is 1.00 bits per heavy atom. The van der Waals surface area contributed by atoms with E-state index in [2.05, 4.69) is 10.6 Å². The number of nitrogens with zero attached hydrogens (tertiary/aromatic N) is 1. The van der Waals surface area contributed by atoms with E-state index < -0.39 is 18.4 Å². The first-order valence-corrected chi connectivity index (χ1v) is 7.11. The molecule has 0 saturated heterocycles. The van der Waals surface area contributed by atoms with Crippen LogP contribution in [0.15, 0.2) is 24.3 Å². The van der Waals surface area contributed by atoms with Crippen LogP contribution in [-0.4, -0.2) is 39.5 Å². The number of ether oxygens (including phenoxy) is 2. The van der Waals surface area contributed by atoms with Gasteiger partial charge < -0.3 is 14.4 Å². The van der Waals surface area contributed by atoms with Crippen LogP contribution in [0.25, 0.3) is 0 Å². The zero-order chi connectivity index (χ0) is 16.5. The van der Waals surface area contributed by atoms with Gasteiger partial charge in [-0.3, -0.25) is 10.6 Å². The quantitative estimate of drug-likeness (QED) is 0.788. The Kier molecular flexibility index (Phi) is 7.01. The van der Waals surface area contributed by atoms with E-state index in [0.29, 0.717) is 5.56 Å². The number of amides is 2. The van der Waals surface area contributed by atoms with Crippen molar-refractivity contribution >= 4 is 17.9 Å². The van der Waals surface area contributed by atoms with Crippen molar-refractivity contribution in [1.29, 1.82) is 0 Å². The fourth-order valence-electron chi connectivity index (χ4n) is 1.75. The number of hydrogen-bond acceptors (Lipinski definition) is 5. The van der Waals surface area contributed by atoms with Gasteiger partial charge in [-0.1, -0.05) is 12.1 Å². The number of carbonyl (C=O) groups excluding carboxylic acids is 2. The van der Waals surface area contributed by atoms with Gasteiger partial charge in [-0.2, -0.15) is 0 Å².